The minimum absolute atomic E-state index is 0.0437. The standard InChI is InChI=1S/C27H24N4O3/c1-18-10-9-15-22(19(18)2)28-25(32)17-31-27(34)24(29-26(33)21-13-7-4-8-14-21)16-23(30-31)20-11-5-3-6-12-20/h3-16H,17H2,1-2H3,(H,28,32)(H,29,33). The molecule has 0 saturated heterocycles. The van der Waals surface area contributed by atoms with E-state index in [0.717, 1.165) is 21.4 Å². The molecule has 0 aliphatic heterocycles. The average molecular weight is 453 g/mol. The summed E-state index contributed by atoms with van der Waals surface area (Å²) in [6, 6.07) is 25.0. The fourth-order valence-corrected chi connectivity index (χ4v) is 3.48. The summed E-state index contributed by atoms with van der Waals surface area (Å²) in [6.45, 7) is 3.58. The van der Waals surface area contributed by atoms with Gasteiger partial charge in [0.15, 0.2) is 0 Å². The van der Waals surface area contributed by atoms with Gasteiger partial charge < -0.3 is 10.6 Å². The molecule has 7 nitrogen and oxygen atoms in total. The molecule has 0 fully saturated rings. The van der Waals surface area contributed by atoms with Crippen LogP contribution in [0.2, 0.25) is 0 Å². The normalized spacial score (nSPS) is 10.5. The smallest absolute Gasteiger partial charge is 0.291 e. The SMILES string of the molecule is Cc1cccc(NC(=O)Cn2nc(-c3ccccc3)cc(NC(=O)c3ccccc3)c2=O)c1C. The summed E-state index contributed by atoms with van der Waals surface area (Å²) in [4.78, 5) is 38.6. The van der Waals surface area contributed by atoms with E-state index >= 15 is 0 Å². The Morgan fingerprint density at radius 1 is 0.824 bits per heavy atom. The van der Waals surface area contributed by atoms with Crippen LogP contribution in [0.3, 0.4) is 0 Å². The van der Waals surface area contributed by atoms with Crippen molar-refractivity contribution in [1.82, 2.24) is 9.78 Å². The molecule has 34 heavy (non-hydrogen) atoms. The highest BCUT2D eigenvalue weighted by molar-refractivity contribution is 6.04. The van der Waals surface area contributed by atoms with Crippen molar-refractivity contribution in [2.75, 3.05) is 10.6 Å². The van der Waals surface area contributed by atoms with Crippen molar-refractivity contribution in [3.63, 3.8) is 0 Å². The topological polar surface area (TPSA) is 93.1 Å². The van der Waals surface area contributed by atoms with Gasteiger partial charge in [-0.05, 0) is 49.2 Å². The second-order valence-electron chi connectivity index (χ2n) is 7.89. The van der Waals surface area contributed by atoms with Gasteiger partial charge in [-0.25, -0.2) is 4.68 Å². The largest absolute Gasteiger partial charge is 0.324 e. The van der Waals surface area contributed by atoms with E-state index in [0.29, 0.717) is 16.9 Å². The molecular formula is C27H24N4O3. The number of hydrogen-bond donors (Lipinski definition) is 2. The fraction of sp³-hybridized carbons (Fsp3) is 0.111. The maximum absolute atomic E-state index is 13.1. The van der Waals surface area contributed by atoms with Gasteiger partial charge in [-0.3, -0.25) is 14.4 Å². The number of nitrogens with zero attached hydrogens (tertiary/aromatic N) is 2. The molecule has 2 amide bonds. The van der Waals surface area contributed by atoms with Crippen molar-refractivity contribution < 1.29 is 9.59 Å². The van der Waals surface area contributed by atoms with Crippen molar-refractivity contribution in [3.05, 3.63) is 112 Å². The van der Waals surface area contributed by atoms with Crippen molar-refractivity contribution in [1.29, 1.82) is 0 Å². The maximum atomic E-state index is 13.1. The Balaban J connectivity index is 1.67. The molecule has 2 N–H and O–H groups in total. The monoisotopic (exact) mass is 452 g/mol. The van der Waals surface area contributed by atoms with Crippen molar-refractivity contribution >= 4 is 23.2 Å². The third-order valence-corrected chi connectivity index (χ3v) is 5.50. The van der Waals surface area contributed by atoms with Gasteiger partial charge in [-0.1, -0.05) is 60.7 Å². The van der Waals surface area contributed by atoms with Crippen LogP contribution in [0.15, 0.2) is 89.7 Å². The van der Waals surface area contributed by atoms with Gasteiger partial charge in [0.2, 0.25) is 5.91 Å². The number of carbonyl (C=O) groups is 2. The zero-order valence-corrected chi connectivity index (χ0v) is 18.9. The summed E-state index contributed by atoms with van der Waals surface area (Å²) in [5.41, 5.74) is 3.77. The number of benzene rings is 3. The van der Waals surface area contributed by atoms with Crippen molar-refractivity contribution in [2.45, 2.75) is 20.4 Å². The van der Waals surface area contributed by atoms with Crippen molar-refractivity contribution in [2.24, 2.45) is 0 Å². The summed E-state index contributed by atoms with van der Waals surface area (Å²) < 4.78 is 1.07. The first kappa shape index (κ1) is 22.7. The zero-order chi connectivity index (χ0) is 24.1. The molecule has 0 aliphatic rings. The van der Waals surface area contributed by atoms with E-state index in [4.69, 9.17) is 0 Å². The highest BCUT2D eigenvalue weighted by Gasteiger charge is 2.16. The highest BCUT2D eigenvalue weighted by Crippen LogP contribution is 2.20. The Morgan fingerprint density at radius 3 is 2.21 bits per heavy atom. The van der Waals surface area contributed by atoms with Crippen LogP contribution in [0.25, 0.3) is 11.3 Å². The van der Waals surface area contributed by atoms with Gasteiger partial charge in [0.05, 0.1) is 5.69 Å². The zero-order valence-electron chi connectivity index (χ0n) is 18.9. The van der Waals surface area contributed by atoms with Crippen LogP contribution >= 0.6 is 0 Å². The Morgan fingerprint density at radius 2 is 1.50 bits per heavy atom. The van der Waals surface area contributed by atoms with Gasteiger partial charge in [-0.15, -0.1) is 0 Å². The number of amides is 2. The van der Waals surface area contributed by atoms with Crippen LogP contribution in [0.1, 0.15) is 21.5 Å². The minimum Gasteiger partial charge on any atom is -0.324 e. The average Bonchev–Trinajstić information content (AvgIpc) is 2.85. The van der Waals surface area contributed by atoms with Gasteiger partial charge >= 0.3 is 0 Å². The molecule has 0 radical (unpaired) electrons. The lowest BCUT2D eigenvalue weighted by Crippen LogP contribution is -2.32. The molecule has 3 aromatic carbocycles. The summed E-state index contributed by atoms with van der Waals surface area (Å²) in [5, 5.41) is 9.92. The van der Waals surface area contributed by atoms with Gasteiger partial charge in [-0.2, -0.15) is 5.10 Å². The first-order valence-corrected chi connectivity index (χ1v) is 10.8. The second kappa shape index (κ2) is 9.95. The van der Waals surface area contributed by atoms with E-state index < -0.39 is 17.4 Å². The molecule has 0 saturated carbocycles. The summed E-state index contributed by atoms with van der Waals surface area (Å²) >= 11 is 0. The number of carbonyl (C=O) groups excluding carboxylic acids is 2. The number of anilines is 2. The van der Waals surface area contributed by atoms with E-state index in [2.05, 4.69) is 15.7 Å². The molecular weight excluding hydrogens is 428 g/mol. The number of nitrogens with one attached hydrogen (secondary N) is 2. The summed E-state index contributed by atoms with van der Waals surface area (Å²) in [6.07, 6.45) is 0. The molecule has 4 aromatic rings. The van der Waals surface area contributed by atoms with Crippen molar-refractivity contribution in [3.8, 4) is 11.3 Å². The predicted octanol–water partition coefficient (Wildman–Crippen LogP) is 4.42. The summed E-state index contributed by atoms with van der Waals surface area (Å²) in [7, 11) is 0. The predicted molar refractivity (Wildman–Crippen MR) is 133 cm³/mol. The third-order valence-electron chi connectivity index (χ3n) is 5.50. The van der Waals surface area contributed by atoms with Crippen LogP contribution in [0, 0.1) is 13.8 Å². The quantitative estimate of drug-likeness (QED) is 0.453. The van der Waals surface area contributed by atoms with Crippen LogP contribution in [-0.4, -0.2) is 21.6 Å². The van der Waals surface area contributed by atoms with Gasteiger partial charge in [0, 0.05) is 16.8 Å². The number of aromatic nitrogens is 2. The van der Waals surface area contributed by atoms with Crippen LogP contribution in [0.4, 0.5) is 11.4 Å². The fourth-order valence-electron chi connectivity index (χ4n) is 3.48. The van der Waals surface area contributed by atoms with Crippen LogP contribution in [0.5, 0.6) is 0 Å². The first-order valence-electron chi connectivity index (χ1n) is 10.8. The van der Waals surface area contributed by atoms with Gasteiger partial charge in [0.1, 0.15) is 12.2 Å². The Hall–Kier alpha value is -4.52. The van der Waals surface area contributed by atoms with Gasteiger partial charge in [0.25, 0.3) is 11.5 Å². The lowest BCUT2D eigenvalue weighted by molar-refractivity contribution is -0.117. The molecule has 4 rings (SSSR count). The Bertz CT molecular complexity index is 1400. The molecule has 1 aromatic heterocycles. The Labute approximate surface area is 197 Å². The van der Waals surface area contributed by atoms with E-state index in [1.165, 1.54) is 6.07 Å². The lowest BCUT2D eigenvalue weighted by atomic mass is 10.1. The first-order chi connectivity index (χ1) is 16.4. The molecule has 170 valence electrons. The summed E-state index contributed by atoms with van der Waals surface area (Å²) in [5.74, 6) is -0.817. The van der Waals surface area contributed by atoms with Crippen LogP contribution < -0.4 is 16.2 Å². The number of hydrogen-bond acceptors (Lipinski definition) is 4. The van der Waals surface area contributed by atoms with E-state index in [1.807, 2.05) is 62.4 Å². The van der Waals surface area contributed by atoms with E-state index in [9.17, 15) is 14.4 Å². The second-order valence-corrected chi connectivity index (χ2v) is 7.89. The van der Waals surface area contributed by atoms with E-state index in [-0.39, 0.29) is 12.2 Å². The third kappa shape index (κ3) is 5.10. The molecule has 0 bridgehead atoms. The molecule has 0 spiro atoms. The molecule has 0 atom stereocenters. The molecule has 0 aliphatic carbocycles. The van der Waals surface area contributed by atoms with E-state index in [1.54, 1.807) is 30.3 Å². The maximum Gasteiger partial charge on any atom is 0.291 e. The highest BCUT2D eigenvalue weighted by atomic mass is 16.2. The molecule has 7 heteroatoms. The molecule has 1 heterocycles. The Kier molecular flexibility index (Phi) is 6.64. The number of aryl methyl sites for hydroxylation is 1. The minimum atomic E-state index is -0.569. The van der Waals surface area contributed by atoms with Crippen LogP contribution in [-0.2, 0) is 11.3 Å². The molecule has 0 unspecified atom stereocenters. The number of rotatable bonds is 6. The lowest BCUT2D eigenvalue weighted by Gasteiger charge is -2.13.